The smallest absolute Gasteiger partial charge is 0.0157 e. The number of rotatable bonds is 1. The lowest BCUT2D eigenvalue weighted by Crippen LogP contribution is -2.60. The number of fused-ring (bicyclic) bond motifs is 1. The number of hydrogen-bond acceptors (Lipinski definition) is 1. The van der Waals surface area contributed by atoms with E-state index in [4.69, 9.17) is 0 Å². The molecular formula is C14H27N. The van der Waals surface area contributed by atoms with Gasteiger partial charge in [0.15, 0.2) is 0 Å². The topological polar surface area (TPSA) is 3.24 Å². The Morgan fingerprint density at radius 3 is 2.40 bits per heavy atom. The van der Waals surface area contributed by atoms with Gasteiger partial charge in [-0.3, -0.25) is 4.90 Å². The average molecular weight is 209 g/mol. The van der Waals surface area contributed by atoms with E-state index in [0.29, 0.717) is 0 Å². The minimum absolute atomic E-state index is 0.741. The van der Waals surface area contributed by atoms with Crippen molar-refractivity contribution in [2.24, 2.45) is 17.8 Å². The van der Waals surface area contributed by atoms with E-state index < -0.39 is 0 Å². The molecule has 1 heteroatoms. The molecule has 0 amide bonds. The fourth-order valence-electron chi connectivity index (χ4n) is 3.84. The summed E-state index contributed by atoms with van der Waals surface area (Å²) in [6.45, 7) is 11.0. The Bertz CT molecular complexity index is 211. The molecule has 0 aromatic rings. The van der Waals surface area contributed by atoms with Crippen molar-refractivity contribution in [2.45, 2.75) is 65.5 Å². The lowest BCUT2D eigenvalue weighted by Gasteiger charge is -2.56. The van der Waals surface area contributed by atoms with E-state index >= 15 is 0 Å². The molecule has 1 saturated heterocycles. The minimum Gasteiger partial charge on any atom is -0.297 e. The van der Waals surface area contributed by atoms with Gasteiger partial charge in [-0.15, -0.1) is 0 Å². The van der Waals surface area contributed by atoms with E-state index in [1.54, 1.807) is 0 Å². The summed E-state index contributed by atoms with van der Waals surface area (Å²) in [6, 6.07) is 1.64. The largest absolute Gasteiger partial charge is 0.297 e. The highest BCUT2D eigenvalue weighted by Crippen LogP contribution is 2.47. The van der Waals surface area contributed by atoms with Crippen LogP contribution in [0.15, 0.2) is 0 Å². The van der Waals surface area contributed by atoms with E-state index in [-0.39, 0.29) is 0 Å². The van der Waals surface area contributed by atoms with Crippen LogP contribution in [0.4, 0.5) is 0 Å². The Morgan fingerprint density at radius 1 is 1.00 bits per heavy atom. The molecule has 15 heavy (non-hydrogen) atoms. The first-order valence-corrected chi connectivity index (χ1v) is 6.88. The summed E-state index contributed by atoms with van der Waals surface area (Å²) in [5, 5.41) is 0. The minimum atomic E-state index is 0.741. The third kappa shape index (κ3) is 1.95. The van der Waals surface area contributed by atoms with E-state index in [2.05, 4.69) is 32.6 Å². The summed E-state index contributed by atoms with van der Waals surface area (Å²) >= 11 is 0. The van der Waals surface area contributed by atoms with Crippen molar-refractivity contribution >= 4 is 0 Å². The molecule has 88 valence electrons. The Hall–Kier alpha value is -0.0400. The Kier molecular flexibility index (Phi) is 3.39. The van der Waals surface area contributed by atoms with Gasteiger partial charge in [-0.05, 0) is 51.0 Å². The summed E-state index contributed by atoms with van der Waals surface area (Å²) in [7, 11) is 0. The van der Waals surface area contributed by atoms with E-state index in [1.807, 2.05) is 0 Å². The van der Waals surface area contributed by atoms with Crippen LogP contribution >= 0.6 is 0 Å². The number of hydrogen-bond donors (Lipinski definition) is 0. The maximum Gasteiger partial charge on any atom is 0.0157 e. The van der Waals surface area contributed by atoms with E-state index in [9.17, 15) is 0 Å². The molecule has 4 atom stereocenters. The van der Waals surface area contributed by atoms with Gasteiger partial charge in [-0.2, -0.15) is 0 Å². The van der Waals surface area contributed by atoms with Crippen LogP contribution in [0.25, 0.3) is 0 Å². The molecule has 4 unspecified atom stereocenters. The average Bonchev–Trinajstić information content (AvgIpc) is 2.16. The molecule has 0 aromatic carbocycles. The Morgan fingerprint density at radius 2 is 1.73 bits per heavy atom. The summed E-state index contributed by atoms with van der Waals surface area (Å²) < 4.78 is 0. The standard InChI is InChI=1S/C14H27N/c1-10(2)15-9-7-5-6-8-13-11(3)12(4)14(13)15/h10-14H,5-9H2,1-4H3. The first kappa shape index (κ1) is 11.4. The SMILES string of the molecule is CC1C(C)C2C1CCCCCN2C(C)C. The maximum atomic E-state index is 2.79. The second kappa shape index (κ2) is 4.45. The highest BCUT2D eigenvalue weighted by Gasteiger charge is 2.48. The predicted octanol–water partition coefficient (Wildman–Crippen LogP) is 3.54. The molecule has 0 bridgehead atoms. The molecule has 0 radical (unpaired) electrons. The van der Waals surface area contributed by atoms with Gasteiger partial charge in [0.1, 0.15) is 0 Å². The molecular weight excluding hydrogens is 182 g/mol. The van der Waals surface area contributed by atoms with Crippen molar-refractivity contribution in [3.05, 3.63) is 0 Å². The van der Waals surface area contributed by atoms with Gasteiger partial charge in [0.25, 0.3) is 0 Å². The van der Waals surface area contributed by atoms with Crippen molar-refractivity contribution in [3.63, 3.8) is 0 Å². The van der Waals surface area contributed by atoms with Gasteiger partial charge in [-0.25, -0.2) is 0 Å². The normalized spacial score (nSPS) is 43.0. The zero-order valence-corrected chi connectivity index (χ0v) is 10.9. The molecule has 0 spiro atoms. The summed E-state index contributed by atoms with van der Waals surface area (Å²) in [5.41, 5.74) is 0. The summed E-state index contributed by atoms with van der Waals surface area (Å²) in [4.78, 5) is 2.79. The molecule has 1 nitrogen and oxygen atoms in total. The van der Waals surface area contributed by atoms with Crippen molar-refractivity contribution in [1.29, 1.82) is 0 Å². The van der Waals surface area contributed by atoms with Crippen LogP contribution in [0.1, 0.15) is 53.4 Å². The summed E-state index contributed by atoms with van der Waals surface area (Å²) in [6.07, 6.45) is 5.83. The second-order valence-corrected chi connectivity index (χ2v) is 6.05. The van der Waals surface area contributed by atoms with Crippen molar-refractivity contribution < 1.29 is 0 Å². The van der Waals surface area contributed by atoms with E-state index in [0.717, 1.165) is 29.8 Å². The van der Waals surface area contributed by atoms with Gasteiger partial charge in [0, 0.05) is 12.1 Å². The van der Waals surface area contributed by atoms with Crippen molar-refractivity contribution in [3.8, 4) is 0 Å². The zero-order valence-electron chi connectivity index (χ0n) is 10.9. The molecule has 0 N–H and O–H groups in total. The first-order chi connectivity index (χ1) is 7.13. The monoisotopic (exact) mass is 209 g/mol. The molecule has 1 saturated carbocycles. The lowest BCUT2D eigenvalue weighted by atomic mass is 9.59. The van der Waals surface area contributed by atoms with Crippen LogP contribution in [0.3, 0.4) is 0 Å². The molecule has 1 aliphatic carbocycles. The Labute approximate surface area is 95.2 Å². The van der Waals surface area contributed by atoms with Crippen LogP contribution in [-0.4, -0.2) is 23.5 Å². The van der Waals surface area contributed by atoms with Gasteiger partial charge < -0.3 is 0 Å². The molecule has 2 aliphatic rings. The van der Waals surface area contributed by atoms with Gasteiger partial charge in [-0.1, -0.05) is 26.7 Å². The highest BCUT2D eigenvalue weighted by atomic mass is 15.2. The third-order valence-corrected chi connectivity index (χ3v) is 4.98. The second-order valence-electron chi connectivity index (χ2n) is 6.05. The molecule has 0 aromatic heterocycles. The van der Waals surface area contributed by atoms with Crippen LogP contribution in [0, 0.1) is 17.8 Å². The quantitative estimate of drug-likeness (QED) is 0.638. The molecule has 2 fully saturated rings. The fraction of sp³-hybridized carbons (Fsp3) is 1.00. The van der Waals surface area contributed by atoms with Crippen LogP contribution < -0.4 is 0 Å². The zero-order chi connectivity index (χ0) is 11.0. The lowest BCUT2D eigenvalue weighted by molar-refractivity contribution is -0.0726. The van der Waals surface area contributed by atoms with Crippen LogP contribution in [-0.2, 0) is 0 Å². The van der Waals surface area contributed by atoms with E-state index in [1.165, 1.54) is 32.2 Å². The van der Waals surface area contributed by atoms with Crippen molar-refractivity contribution in [1.82, 2.24) is 4.90 Å². The Balaban J connectivity index is 2.08. The summed E-state index contributed by atoms with van der Waals surface area (Å²) in [5.74, 6) is 2.90. The molecule has 2 rings (SSSR count). The van der Waals surface area contributed by atoms with Crippen LogP contribution in [0.5, 0.6) is 0 Å². The molecule has 1 aliphatic heterocycles. The molecule has 1 heterocycles. The van der Waals surface area contributed by atoms with Crippen LogP contribution in [0.2, 0.25) is 0 Å². The van der Waals surface area contributed by atoms with Gasteiger partial charge in [0.2, 0.25) is 0 Å². The maximum absolute atomic E-state index is 2.79. The fourth-order valence-corrected chi connectivity index (χ4v) is 3.84. The number of likely N-dealkylation sites (tertiary alicyclic amines) is 1. The predicted molar refractivity (Wildman–Crippen MR) is 65.9 cm³/mol. The van der Waals surface area contributed by atoms with Gasteiger partial charge >= 0.3 is 0 Å². The number of nitrogens with zero attached hydrogens (tertiary/aromatic N) is 1. The van der Waals surface area contributed by atoms with Gasteiger partial charge in [0.05, 0.1) is 0 Å². The third-order valence-electron chi connectivity index (χ3n) is 4.98. The highest BCUT2D eigenvalue weighted by molar-refractivity contribution is 5.00. The van der Waals surface area contributed by atoms with Crippen molar-refractivity contribution in [2.75, 3.05) is 6.54 Å². The first-order valence-electron chi connectivity index (χ1n) is 6.88.